The summed E-state index contributed by atoms with van der Waals surface area (Å²) in [5, 5.41) is 3.40. The molecule has 1 fully saturated rings. The summed E-state index contributed by atoms with van der Waals surface area (Å²) in [5.74, 6) is 0. The summed E-state index contributed by atoms with van der Waals surface area (Å²) in [7, 11) is 0. The highest BCUT2D eigenvalue weighted by Crippen LogP contribution is 2.29. The van der Waals surface area contributed by atoms with Gasteiger partial charge in [0.15, 0.2) is 5.69 Å². The van der Waals surface area contributed by atoms with Gasteiger partial charge in [-0.3, -0.25) is 4.90 Å². The maximum absolute atomic E-state index is 7.06. The van der Waals surface area contributed by atoms with Crippen LogP contribution in [0.4, 0.5) is 5.69 Å². The molecule has 0 amide bonds. The third kappa shape index (κ3) is 2.06. The Morgan fingerprint density at radius 1 is 1.18 bits per heavy atom. The molecule has 1 aliphatic heterocycles. The SMILES string of the molecule is [C-]#[N+]c1ccc2c(c1)CC(N1CCNCC1)C2. The van der Waals surface area contributed by atoms with E-state index in [1.54, 1.807) is 0 Å². The van der Waals surface area contributed by atoms with Gasteiger partial charge in [0.2, 0.25) is 0 Å². The van der Waals surface area contributed by atoms with Gasteiger partial charge in [0.05, 0.1) is 6.57 Å². The maximum Gasteiger partial charge on any atom is 0.187 e. The molecule has 1 aromatic carbocycles. The molecule has 3 rings (SSSR count). The monoisotopic (exact) mass is 227 g/mol. The van der Waals surface area contributed by atoms with Crippen molar-refractivity contribution in [3.8, 4) is 0 Å². The first-order chi connectivity index (χ1) is 8.36. The molecule has 3 heteroatoms. The van der Waals surface area contributed by atoms with Crippen LogP contribution >= 0.6 is 0 Å². The average Bonchev–Trinajstić information content (AvgIpc) is 2.82. The molecule has 3 nitrogen and oxygen atoms in total. The van der Waals surface area contributed by atoms with Crippen LogP contribution in [0.15, 0.2) is 18.2 Å². The van der Waals surface area contributed by atoms with Gasteiger partial charge in [0, 0.05) is 32.2 Å². The Hall–Kier alpha value is -1.37. The number of fused-ring (bicyclic) bond motifs is 1. The molecule has 1 saturated heterocycles. The van der Waals surface area contributed by atoms with Gasteiger partial charge in [0.25, 0.3) is 0 Å². The minimum absolute atomic E-state index is 0.660. The second kappa shape index (κ2) is 4.48. The van der Waals surface area contributed by atoms with E-state index < -0.39 is 0 Å². The first-order valence-corrected chi connectivity index (χ1v) is 6.31. The normalized spacial score (nSPS) is 24.3. The van der Waals surface area contributed by atoms with Gasteiger partial charge in [-0.05, 0) is 18.4 Å². The molecule has 0 bridgehead atoms. The number of nitrogens with one attached hydrogen (secondary N) is 1. The van der Waals surface area contributed by atoms with Crippen molar-refractivity contribution in [2.24, 2.45) is 0 Å². The summed E-state index contributed by atoms with van der Waals surface area (Å²) >= 11 is 0. The lowest BCUT2D eigenvalue weighted by atomic mass is 10.1. The van der Waals surface area contributed by atoms with Crippen molar-refractivity contribution in [3.63, 3.8) is 0 Å². The zero-order valence-corrected chi connectivity index (χ0v) is 9.95. The molecule has 2 aliphatic rings. The molecule has 88 valence electrons. The number of benzene rings is 1. The van der Waals surface area contributed by atoms with E-state index in [1.165, 1.54) is 11.1 Å². The Bertz CT molecular complexity index is 455. The third-order valence-corrected chi connectivity index (χ3v) is 3.90. The van der Waals surface area contributed by atoms with Crippen LogP contribution in [0.3, 0.4) is 0 Å². The van der Waals surface area contributed by atoms with Gasteiger partial charge in [-0.15, -0.1) is 0 Å². The predicted octanol–water partition coefficient (Wildman–Crippen LogP) is 1.61. The van der Waals surface area contributed by atoms with Crippen molar-refractivity contribution in [1.29, 1.82) is 0 Å². The predicted molar refractivity (Wildman–Crippen MR) is 68.3 cm³/mol. The van der Waals surface area contributed by atoms with E-state index in [0.717, 1.165) is 44.7 Å². The van der Waals surface area contributed by atoms with Gasteiger partial charge in [-0.2, -0.15) is 0 Å². The average molecular weight is 227 g/mol. The Labute approximate surface area is 102 Å². The van der Waals surface area contributed by atoms with E-state index in [0.29, 0.717) is 6.04 Å². The molecule has 1 aromatic rings. The molecule has 0 spiro atoms. The quantitative estimate of drug-likeness (QED) is 0.735. The summed E-state index contributed by atoms with van der Waals surface area (Å²) in [4.78, 5) is 6.10. The molecule has 0 aromatic heterocycles. The highest BCUT2D eigenvalue weighted by Gasteiger charge is 2.27. The summed E-state index contributed by atoms with van der Waals surface area (Å²) < 4.78 is 0. The Kier molecular flexibility index (Phi) is 2.84. The van der Waals surface area contributed by atoms with E-state index in [2.05, 4.69) is 27.2 Å². The van der Waals surface area contributed by atoms with E-state index >= 15 is 0 Å². The minimum Gasteiger partial charge on any atom is -0.314 e. The summed E-state index contributed by atoms with van der Waals surface area (Å²) in [5.41, 5.74) is 3.62. The van der Waals surface area contributed by atoms with Crippen molar-refractivity contribution < 1.29 is 0 Å². The lowest BCUT2D eigenvalue weighted by Crippen LogP contribution is -2.48. The fourth-order valence-electron chi connectivity index (χ4n) is 2.96. The molecular formula is C14H17N3. The van der Waals surface area contributed by atoms with Gasteiger partial charge in [-0.25, -0.2) is 4.85 Å². The zero-order chi connectivity index (χ0) is 11.7. The maximum atomic E-state index is 7.06. The van der Waals surface area contributed by atoms with Crippen LogP contribution in [0, 0.1) is 6.57 Å². The van der Waals surface area contributed by atoms with Gasteiger partial charge in [-0.1, -0.05) is 23.8 Å². The van der Waals surface area contributed by atoms with Crippen LogP contribution in [-0.2, 0) is 12.8 Å². The lowest BCUT2D eigenvalue weighted by Gasteiger charge is -2.32. The zero-order valence-electron chi connectivity index (χ0n) is 9.95. The lowest BCUT2D eigenvalue weighted by molar-refractivity contribution is 0.178. The fraction of sp³-hybridized carbons (Fsp3) is 0.500. The fourth-order valence-corrected chi connectivity index (χ4v) is 2.96. The summed E-state index contributed by atoms with van der Waals surface area (Å²) in [6, 6.07) is 6.83. The van der Waals surface area contributed by atoms with Crippen LogP contribution in [0.25, 0.3) is 4.85 Å². The molecule has 1 aliphatic carbocycles. The van der Waals surface area contributed by atoms with Gasteiger partial charge >= 0.3 is 0 Å². The Morgan fingerprint density at radius 3 is 2.71 bits per heavy atom. The van der Waals surface area contributed by atoms with Crippen molar-refractivity contribution in [2.75, 3.05) is 26.2 Å². The smallest absolute Gasteiger partial charge is 0.187 e. The summed E-state index contributed by atoms with van der Waals surface area (Å²) in [6.07, 6.45) is 2.28. The largest absolute Gasteiger partial charge is 0.314 e. The van der Waals surface area contributed by atoms with Crippen molar-refractivity contribution in [2.45, 2.75) is 18.9 Å². The minimum atomic E-state index is 0.660. The number of piperazine rings is 1. The van der Waals surface area contributed by atoms with Crippen molar-refractivity contribution in [1.82, 2.24) is 10.2 Å². The molecule has 0 saturated carbocycles. The number of hydrogen-bond donors (Lipinski definition) is 1. The highest BCUT2D eigenvalue weighted by molar-refractivity contribution is 5.51. The molecule has 1 unspecified atom stereocenters. The third-order valence-electron chi connectivity index (χ3n) is 3.90. The molecule has 1 atom stereocenters. The van der Waals surface area contributed by atoms with Crippen LogP contribution in [-0.4, -0.2) is 37.1 Å². The molecule has 17 heavy (non-hydrogen) atoms. The van der Waals surface area contributed by atoms with Crippen LogP contribution < -0.4 is 5.32 Å². The van der Waals surface area contributed by atoms with Gasteiger partial charge in [0.1, 0.15) is 0 Å². The number of rotatable bonds is 1. The van der Waals surface area contributed by atoms with E-state index in [1.807, 2.05) is 6.07 Å². The second-order valence-corrected chi connectivity index (χ2v) is 4.91. The molecule has 0 radical (unpaired) electrons. The molecule has 1 N–H and O–H groups in total. The number of nitrogens with zero attached hydrogens (tertiary/aromatic N) is 2. The Morgan fingerprint density at radius 2 is 1.94 bits per heavy atom. The van der Waals surface area contributed by atoms with Crippen molar-refractivity contribution >= 4 is 5.69 Å². The first-order valence-electron chi connectivity index (χ1n) is 6.31. The molecule has 1 heterocycles. The standard InChI is InChI=1S/C14H17N3/c1-15-13-3-2-11-9-14(10-12(11)8-13)17-6-4-16-5-7-17/h2-3,8,14,16H,4-7,9-10H2. The van der Waals surface area contributed by atoms with Crippen LogP contribution in [0.2, 0.25) is 0 Å². The van der Waals surface area contributed by atoms with Crippen LogP contribution in [0.5, 0.6) is 0 Å². The van der Waals surface area contributed by atoms with Crippen LogP contribution in [0.1, 0.15) is 11.1 Å². The summed E-state index contributed by atoms with van der Waals surface area (Å²) in [6.45, 7) is 11.6. The van der Waals surface area contributed by atoms with E-state index in [-0.39, 0.29) is 0 Å². The van der Waals surface area contributed by atoms with E-state index in [4.69, 9.17) is 6.57 Å². The van der Waals surface area contributed by atoms with Crippen molar-refractivity contribution in [3.05, 3.63) is 40.7 Å². The van der Waals surface area contributed by atoms with E-state index in [9.17, 15) is 0 Å². The number of hydrogen-bond acceptors (Lipinski definition) is 2. The topological polar surface area (TPSA) is 19.6 Å². The Balaban J connectivity index is 1.76. The molecular weight excluding hydrogens is 210 g/mol. The highest BCUT2D eigenvalue weighted by atomic mass is 15.2. The first kappa shape index (κ1) is 10.8. The van der Waals surface area contributed by atoms with Gasteiger partial charge < -0.3 is 5.32 Å². The second-order valence-electron chi connectivity index (χ2n) is 4.91.